The fourth-order valence-corrected chi connectivity index (χ4v) is 8.65. The van der Waals surface area contributed by atoms with E-state index in [9.17, 15) is 32.7 Å². The summed E-state index contributed by atoms with van der Waals surface area (Å²) in [4.78, 5) is 55.3. The topological polar surface area (TPSA) is 256 Å². The number of nitrogen functional groups attached to an aromatic ring is 1. The molecule has 0 radical (unpaired) electrons. The molecule has 10 N–H and O–H groups in total. The molecule has 4 aromatic rings. The SMILES string of the molecule is CCCCCc1cc2ccc(-c3cccc(S(=O)(=O)N4CC(CN(Cc5ccc(NC(=O)[C@H](CCCNC(N)=O)NC(=O)[C@@H](N)C(C)C)cc5)C(=O)O)C4)c3)cc2nc1N. The van der Waals surface area contributed by atoms with E-state index in [1.807, 2.05) is 24.3 Å². The number of carboxylic acid groups (broad SMARTS) is 1. The number of pyridine rings is 1. The number of unbranched alkanes of at least 4 members (excludes halogenated alkanes) is 2. The first-order valence-corrected chi connectivity index (χ1v) is 21.8. The van der Waals surface area contributed by atoms with E-state index in [1.165, 1.54) is 9.21 Å². The smallest absolute Gasteiger partial charge is 0.407 e. The van der Waals surface area contributed by atoms with E-state index in [-0.39, 0.29) is 55.9 Å². The Morgan fingerprint density at radius 1 is 0.950 bits per heavy atom. The largest absolute Gasteiger partial charge is 0.465 e. The third kappa shape index (κ3) is 11.9. The number of primary amides is 1. The van der Waals surface area contributed by atoms with E-state index < -0.39 is 46.0 Å². The van der Waals surface area contributed by atoms with Gasteiger partial charge in [0.25, 0.3) is 0 Å². The van der Waals surface area contributed by atoms with Gasteiger partial charge in [-0.2, -0.15) is 4.31 Å². The van der Waals surface area contributed by atoms with Gasteiger partial charge in [-0.15, -0.1) is 0 Å². The number of amides is 5. The van der Waals surface area contributed by atoms with Crippen LogP contribution in [0.4, 0.5) is 21.1 Å². The summed E-state index contributed by atoms with van der Waals surface area (Å²) < 4.78 is 28.8. The number of rotatable bonds is 20. The molecule has 2 atom stereocenters. The maximum Gasteiger partial charge on any atom is 0.407 e. The number of carbonyl (C=O) groups is 4. The lowest BCUT2D eigenvalue weighted by atomic mass is 10.0. The van der Waals surface area contributed by atoms with Gasteiger partial charge in [0, 0.05) is 49.7 Å². The van der Waals surface area contributed by atoms with Crippen molar-refractivity contribution in [2.45, 2.75) is 82.8 Å². The second-order valence-corrected chi connectivity index (χ2v) is 17.7. The number of nitrogens with zero attached hydrogens (tertiary/aromatic N) is 3. The van der Waals surface area contributed by atoms with Crippen LogP contribution >= 0.6 is 0 Å². The molecule has 3 aromatic carbocycles. The summed E-state index contributed by atoms with van der Waals surface area (Å²) in [6.07, 6.45) is 3.59. The zero-order valence-electron chi connectivity index (χ0n) is 34.4. The van der Waals surface area contributed by atoms with Crippen molar-refractivity contribution in [3.63, 3.8) is 0 Å². The van der Waals surface area contributed by atoms with Crippen LogP contribution in [-0.2, 0) is 32.6 Å². The van der Waals surface area contributed by atoms with Gasteiger partial charge in [0.1, 0.15) is 11.9 Å². The van der Waals surface area contributed by atoms with Crippen LogP contribution in [0.5, 0.6) is 0 Å². The molecule has 1 saturated heterocycles. The molecule has 1 fully saturated rings. The number of hydrogen-bond acceptors (Lipinski definition) is 9. The average molecular weight is 844 g/mol. The Bertz CT molecular complexity index is 2260. The van der Waals surface area contributed by atoms with Gasteiger partial charge in [0.05, 0.1) is 16.5 Å². The highest BCUT2D eigenvalue weighted by Crippen LogP contribution is 2.31. The first-order chi connectivity index (χ1) is 28.5. The monoisotopic (exact) mass is 843 g/mol. The van der Waals surface area contributed by atoms with Crippen molar-refractivity contribution in [1.29, 1.82) is 0 Å². The second-order valence-electron chi connectivity index (χ2n) is 15.7. The summed E-state index contributed by atoms with van der Waals surface area (Å²) in [6.45, 7) is 6.45. The molecule has 0 spiro atoms. The Morgan fingerprint density at radius 2 is 1.67 bits per heavy atom. The normalized spacial score (nSPS) is 14.3. The highest BCUT2D eigenvalue weighted by Gasteiger charge is 2.38. The lowest BCUT2D eigenvalue weighted by Gasteiger charge is -2.40. The zero-order chi connectivity index (χ0) is 43.6. The van der Waals surface area contributed by atoms with Gasteiger partial charge in [-0.3, -0.25) is 9.59 Å². The molecule has 17 heteroatoms. The van der Waals surface area contributed by atoms with Gasteiger partial charge < -0.3 is 43.2 Å². The lowest BCUT2D eigenvalue weighted by Crippen LogP contribution is -2.54. The lowest BCUT2D eigenvalue weighted by molar-refractivity contribution is -0.128. The predicted molar refractivity (Wildman–Crippen MR) is 232 cm³/mol. The number of hydrogen-bond donors (Lipinski definition) is 7. The van der Waals surface area contributed by atoms with Gasteiger partial charge in [0.2, 0.25) is 21.8 Å². The van der Waals surface area contributed by atoms with Crippen LogP contribution in [-0.4, -0.2) is 89.9 Å². The first kappa shape index (κ1) is 45.3. The van der Waals surface area contributed by atoms with Crippen molar-refractivity contribution in [3.05, 3.63) is 83.9 Å². The molecule has 60 heavy (non-hydrogen) atoms. The molecular weight excluding hydrogens is 787 g/mol. The second kappa shape index (κ2) is 20.5. The molecule has 1 aromatic heterocycles. The number of benzene rings is 3. The average Bonchev–Trinajstić information content (AvgIpc) is 3.19. The third-order valence-electron chi connectivity index (χ3n) is 10.7. The molecule has 2 heterocycles. The summed E-state index contributed by atoms with van der Waals surface area (Å²) in [5, 5.41) is 18.9. The van der Waals surface area contributed by atoms with E-state index in [0.717, 1.165) is 53.3 Å². The van der Waals surface area contributed by atoms with E-state index in [1.54, 1.807) is 56.3 Å². The number of carbonyl (C=O) groups excluding carboxylic acids is 3. The number of nitrogens with two attached hydrogens (primary N) is 3. The fraction of sp³-hybridized carbons (Fsp3) is 0.419. The van der Waals surface area contributed by atoms with E-state index in [4.69, 9.17) is 17.2 Å². The molecule has 1 aliphatic rings. The number of anilines is 2. The van der Waals surface area contributed by atoms with Crippen molar-refractivity contribution in [3.8, 4) is 11.1 Å². The van der Waals surface area contributed by atoms with Gasteiger partial charge in [-0.25, -0.2) is 23.0 Å². The summed E-state index contributed by atoms with van der Waals surface area (Å²) in [5.41, 5.74) is 21.8. The van der Waals surface area contributed by atoms with Crippen LogP contribution < -0.4 is 33.2 Å². The first-order valence-electron chi connectivity index (χ1n) is 20.3. The fourth-order valence-electron chi connectivity index (χ4n) is 7.01. The van der Waals surface area contributed by atoms with Gasteiger partial charge in [-0.1, -0.05) is 70.0 Å². The minimum Gasteiger partial charge on any atom is -0.465 e. The van der Waals surface area contributed by atoms with Crippen molar-refractivity contribution >= 4 is 56.4 Å². The molecule has 0 aliphatic carbocycles. The van der Waals surface area contributed by atoms with Crippen LogP contribution in [0.2, 0.25) is 0 Å². The maximum atomic E-state index is 13.7. The minimum atomic E-state index is -3.85. The van der Waals surface area contributed by atoms with Crippen molar-refractivity contribution < 1.29 is 32.7 Å². The Balaban J connectivity index is 1.17. The van der Waals surface area contributed by atoms with Crippen LogP contribution in [0.3, 0.4) is 0 Å². The summed E-state index contributed by atoms with van der Waals surface area (Å²) in [5.74, 6) is -0.829. The number of fused-ring (bicyclic) bond motifs is 1. The Morgan fingerprint density at radius 3 is 2.33 bits per heavy atom. The minimum absolute atomic E-state index is 0.0416. The van der Waals surface area contributed by atoms with Gasteiger partial charge >= 0.3 is 12.1 Å². The van der Waals surface area contributed by atoms with Gasteiger partial charge in [-0.05, 0) is 90.3 Å². The third-order valence-corrected chi connectivity index (χ3v) is 12.5. The van der Waals surface area contributed by atoms with E-state index in [0.29, 0.717) is 23.5 Å². The Labute approximate surface area is 351 Å². The van der Waals surface area contributed by atoms with Crippen molar-refractivity contribution in [2.75, 3.05) is 37.2 Å². The molecule has 16 nitrogen and oxygen atoms in total. The number of urea groups is 1. The number of sulfonamides is 1. The highest BCUT2D eigenvalue weighted by atomic mass is 32.2. The van der Waals surface area contributed by atoms with Crippen LogP contribution in [0, 0.1) is 11.8 Å². The summed E-state index contributed by atoms with van der Waals surface area (Å²) >= 11 is 0. The van der Waals surface area contributed by atoms with Crippen molar-refractivity contribution in [2.24, 2.45) is 23.3 Å². The quantitative estimate of drug-likeness (QED) is 0.0594. The predicted octanol–water partition coefficient (Wildman–Crippen LogP) is 4.87. The standard InChI is InChI=1S/C43H57N9O7S/c1-4-5-6-9-33-20-32-16-15-31(22-37(32)49-39(33)45)30-10-7-11-35(21-30)60(58,59)52-25-29(26-52)24-51(43(56)57)23-28-13-17-34(18-14-28)48-40(53)36(12-8-19-47-42(46)55)50-41(54)38(44)27(2)3/h7,10-11,13-18,20-22,27,29,36,38H,4-6,8-9,12,19,23-26,44H2,1-3H3,(H2,45,49)(H,48,53)(H,50,54)(H,56,57)(H3,46,47,55)/t36-,38-/m0/s1. The number of aryl methyl sites for hydroxylation is 1. The van der Waals surface area contributed by atoms with Gasteiger partial charge in [0.15, 0.2) is 0 Å². The molecular formula is C43H57N9O7S. The maximum absolute atomic E-state index is 13.7. The van der Waals surface area contributed by atoms with E-state index in [2.05, 4.69) is 33.9 Å². The van der Waals surface area contributed by atoms with E-state index >= 15 is 0 Å². The molecule has 0 saturated carbocycles. The molecule has 1 aliphatic heterocycles. The Hall–Kier alpha value is -5.78. The molecule has 5 amide bonds. The van der Waals surface area contributed by atoms with Crippen LogP contribution in [0.1, 0.15) is 64.0 Å². The molecule has 5 rings (SSSR count). The molecule has 0 bridgehead atoms. The van der Waals surface area contributed by atoms with Crippen LogP contribution in [0.15, 0.2) is 77.7 Å². The molecule has 322 valence electrons. The van der Waals surface area contributed by atoms with Crippen molar-refractivity contribution in [1.82, 2.24) is 24.8 Å². The molecule has 0 unspecified atom stereocenters. The Kier molecular flexibility index (Phi) is 15.5. The highest BCUT2D eigenvalue weighted by molar-refractivity contribution is 7.89. The van der Waals surface area contributed by atoms with Crippen LogP contribution in [0.25, 0.3) is 22.0 Å². The summed E-state index contributed by atoms with van der Waals surface area (Å²) in [7, 11) is -3.85. The number of nitrogens with one attached hydrogen (secondary N) is 3. The summed E-state index contributed by atoms with van der Waals surface area (Å²) in [6, 6.07) is 18.8. The number of aromatic nitrogens is 1. The zero-order valence-corrected chi connectivity index (χ0v) is 35.2.